The van der Waals surface area contributed by atoms with E-state index < -0.39 is 6.10 Å². The second-order valence-corrected chi connectivity index (χ2v) is 4.74. The van der Waals surface area contributed by atoms with Crippen LogP contribution in [0.15, 0.2) is 12.4 Å². The molecule has 1 aromatic rings. The molecule has 1 unspecified atom stereocenters. The zero-order chi connectivity index (χ0) is 12.3. The molecule has 3 N–H and O–H groups in total. The van der Waals surface area contributed by atoms with E-state index in [0.29, 0.717) is 5.56 Å². The summed E-state index contributed by atoms with van der Waals surface area (Å²) in [5, 5.41) is 9.55. The minimum atomic E-state index is -0.662. The van der Waals surface area contributed by atoms with Crippen LogP contribution in [0.4, 0.5) is 5.95 Å². The first kappa shape index (κ1) is 12.3. The monoisotopic (exact) mass is 236 g/mol. The first-order valence-corrected chi connectivity index (χ1v) is 6.15. The van der Waals surface area contributed by atoms with Crippen molar-refractivity contribution in [3.8, 4) is 0 Å². The Morgan fingerprint density at radius 1 is 1.41 bits per heavy atom. The van der Waals surface area contributed by atoms with E-state index >= 15 is 0 Å². The molecule has 0 radical (unpaired) electrons. The normalized spacial score (nSPS) is 19.4. The predicted octanol–water partition coefficient (Wildman–Crippen LogP) is 0.705. The third-order valence-corrected chi connectivity index (χ3v) is 3.33. The number of aliphatic hydroxyl groups excluding tert-OH is 1. The van der Waals surface area contributed by atoms with E-state index in [1.807, 2.05) is 0 Å². The fourth-order valence-corrected chi connectivity index (χ4v) is 2.01. The standard InChI is InChI=1S/C12H20N4O/c1-9-2-4-16(5-3-9)12-14-7-10(8-15-12)11(17)6-13/h7-9,11,17H,2-6,13H2,1H3. The summed E-state index contributed by atoms with van der Waals surface area (Å²) < 4.78 is 0. The van der Waals surface area contributed by atoms with Crippen molar-refractivity contribution in [1.29, 1.82) is 0 Å². The molecule has 1 aliphatic rings. The highest BCUT2D eigenvalue weighted by molar-refractivity contribution is 5.30. The van der Waals surface area contributed by atoms with Gasteiger partial charge in [0.15, 0.2) is 0 Å². The maximum Gasteiger partial charge on any atom is 0.225 e. The number of anilines is 1. The fourth-order valence-electron chi connectivity index (χ4n) is 2.01. The van der Waals surface area contributed by atoms with Crippen LogP contribution in [0.1, 0.15) is 31.4 Å². The maximum atomic E-state index is 9.55. The van der Waals surface area contributed by atoms with E-state index in [9.17, 15) is 5.11 Å². The van der Waals surface area contributed by atoms with Crippen LogP contribution < -0.4 is 10.6 Å². The smallest absolute Gasteiger partial charge is 0.225 e. The summed E-state index contributed by atoms with van der Waals surface area (Å²) in [7, 11) is 0. The molecule has 0 aromatic carbocycles. The van der Waals surface area contributed by atoms with E-state index in [-0.39, 0.29) is 6.54 Å². The number of piperidine rings is 1. The zero-order valence-corrected chi connectivity index (χ0v) is 10.2. The van der Waals surface area contributed by atoms with Gasteiger partial charge in [-0.3, -0.25) is 0 Å². The molecule has 5 nitrogen and oxygen atoms in total. The number of hydrogen-bond donors (Lipinski definition) is 2. The molecule has 0 saturated carbocycles. The minimum Gasteiger partial charge on any atom is -0.387 e. The predicted molar refractivity (Wildman–Crippen MR) is 66.7 cm³/mol. The lowest BCUT2D eigenvalue weighted by Gasteiger charge is -2.30. The highest BCUT2D eigenvalue weighted by atomic mass is 16.3. The Labute approximate surface area is 102 Å². The van der Waals surface area contributed by atoms with Gasteiger partial charge >= 0.3 is 0 Å². The lowest BCUT2D eigenvalue weighted by Crippen LogP contribution is -2.34. The zero-order valence-electron chi connectivity index (χ0n) is 10.2. The van der Waals surface area contributed by atoms with Gasteiger partial charge in [-0.2, -0.15) is 0 Å². The molecule has 1 atom stereocenters. The molecule has 2 heterocycles. The number of nitrogens with two attached hydrogens (primary N) is 1. The summed E-state index contributed by atoms with van der Waals surface area (Å²) >= 11 is 0. The Bertz CT molecular complexity index is 346. The van der Waals surface area contributed by atoms with Crippen LogP contribution in [0.5, 0.6) is 0 Å². The number of aliphatic hydroxyl groups is 1. The molecule has 0 bridgehead atoms. The average Bonchev–Trinajstić information content (AvgIpc) is 2.39. The molecular formula is C12H20N4O. The highest BCUT2D eigenvalue weighted by Gasteiger charge is 2.18. The van der Waals surface area contributed by atoms with Crippen molar-refractivity contribution in [3.05, 3.63) is 18.0 Å². The lowest BCUT2D eigenvalue weighted by molar-refractivity contribution is 0.186. The van der Waals surface area contributed by atoms with Gasteiger partial charge < -0.3 is 15.7 Å². The van der Waals surface area contributed by atoms with E-state index in [1.54, 1.807) is 12.4 Å². The van der Waals surface area contributed by atoms with Gasteiger partial charge in [-0.05, 0) is 18.8 Å². The minimum absolute atomic E-state index is 0.198. The van der Waals surface area contributed by atoms with Crippen molar-refractivity contribution in [2.45, 2.75) is 25.9 Å². The molecule has 1 fully saturated rings. The van der Waals surface area contributed by atoms with Crippen LogP contribution in [-0.4, -0.2) is 34.7 Å². The van der Waals surface area contributed by atoms with Gasteiger partial charge in [-0.25, -0.2) is 9.97 Å². The molecule has 0 amide bonds. The summed E-state index contributed by atoms with van der Waals surface area (Å²) in [6.07, 6.45) is 5.05. The van der Waals surface area contributed by atoms with Crippen LogP contribution in [-0.2, 0) is 0 Å². The molecule has 1 aromatic heterocycles. The van der Waals surface area contributed by atoms with Crippen molar-refractivity contribution in [3.63, 3.8) is 0 Å². The quantitative estimate of drug-likeness (QED) is 0.808. The van der Waals surface area contributed by atoms with Crippen LogP contribution in [0.25, 0.3) is 0 Å². The number of nitrogens with zero attached hydrogens (tertiary/aromatic N) is 3. The Morgan fingerprint density at radius 3 is 2.53 bits per heavy atom. The average molecular weight is 236 g/mol. The van der Waals surface area contributed by atoms with Crippen LogP contribution in [0.2, 0.25) is 0 Å². The van der Waals surface area contributed by atoms with E-state index in [1.165, 1.54) is 12.8 Å². The van der Waals surface area contributed by atoms with Gasteiger partial charge in [-0.15, -0.1) is 0 Å². The molecule has 0 aliphatic carbocycles. The van der Waals surface area contributed by atoms with E-state index in [4.69, 9.17) is 5.73 Å². The van der Waals surface area contributed by atoms with Gasteiger partial charge in [0, 0.05) is 37.6 Å². The van der Waals surface area contributed by atoms with Crippen molar-refractivity contribution < 1.29 is 5.11 Å². The Balaban J connectivity index is 2.02. The first-order valence-electron chi connectivity index (χ1n) is 6.15. The lowest BCUT2D eigenvalue weighted by atomic mass is 10.00. The molecule has 5 heteroatoms. The van der Waals surface area contributed by atoms with Crippen LogP contribution >= 0.6 is 0 Å². The van der Waals surface area contributed by atoms with E-state index in [2.05, 4.69) is 21.8 Å². The van der Waals surface area contributed by atoms with Crippen molar-refractivity contribution >= 4 is 5.95 Å². The Hall–Kier alpha value is -1.20. The highest BCUT2D eigenvalue weighted by Crippen LogP contribution is 2.20. The maximum absolute atomic E-state index is 9.55. The molecular weight excluding hydrogens is 216 g/mol. The van der Waals surface area contributed by atoms with Gasteiger partial charge in [-0.1, -0.05) is 6.92 Å². The number of aromatic nitrogens is 2. The van der Waals surface area contributed by atoms with Crippen LogP contribution in [0, 0.1) is 5.92 Å². The van der Waals surface area contributed by atoms with Gasteiger partial charge in [0.05, 0.1) is 6.10 Å². The molecule has 1 saturated heterocycles. The van der Waals surface area contributed by atoms with Gasteiger partial charge in [0.2, 0.25) is 5.95 Å². The number of rotatable bonds is 3. The molecule has 2 rings (SSSR count). The third-order valence-electron chi connectivity index (χ3n) is 3.33. The van der Waals surface area contributed by atoms with Gasteiger partial charge in [0.25, 0.3) is 0 Å². The summed E-state index contributed by atoms with van der Waals surface area (Å²) in [4.78, 5) is 10.8. The SMILES string of the molecule is CC1CCN(c2ncc(C(O)CN)cn2)CC1. The topological polar surface area (TPSA) is 75.3 Å². The van der Waals surface area contributed by atoms with E-state index in [0.717, 1.165) is 25.0 Å². The fraction of sp³-hybridized carbons (Fsp3) is 0.667. The summed E-state index contributed by atoms with van der Waals surface area (Å²) in [6.45, 7) is 4.50. The van der Waals surface area contributed by atoms with Crippen molar-refractivity contribution in [1.82, 2.24) is 9.97 Å². The first-order chi connectivity index (χ1) is 8.20. The summed E-state index contributed by atoms with van der Waals surface area (Å²) in [6, 6.07) is 0. The third kappa shape index (κ3) is 2.92. The molecule has 1 aliphatic heterocycles. The molecule has 94 valence electrons. The Kier molecular flexibility index (Phi) is 3.91. The van der Waals surface area contributed by atoms with Gasteiger partial charge in [0.1, 0.15) is 0 Å². The van der Waals surface area contributed by atoms with Crippen molar-refractivity contribution in [2.24, 2.45) is 11.7 Å². The number of hydrogen-bond acceptors (Lipinski definition) is 5. The van der Waals surface area contributed by atoms with Crippen molar-refractivity contribution in [2.75, 3.05) is 24.5 Å². The Morgan fingerprint density at radius 2 is 2.00 bits per heavy atom. The van der Waals surface area contributed by atoms with Crippen LogP contribution in [0.3, 0.4) is 0 Å². The summed E-state index contributed by atoms with van der Waals surface area (Å²) in [5.41, 5.74) is 6.07. The molecule has 0 spiro atoms. The second kappa shape index (κ2) is 5.42. The largest absolute Gasteiger partial charge is 0.387 e. The molecule has 17 heavy (non-hydrogen) atoms. The second-order valence-electron chi connectivity index (χ2n) is 4.74. The summed E-state index contributed by atoms with van der Waals surface area (Å²) in [5.74, 6) is 1.55.